The van der Waals surface area contributed by atoms with Gasteiger partial charge in [-0.15, -0.1) is 0 Å². The molecule has 0 fully saturated rings. The Morgan fingerprint density at radius 3 is 2.62 bits per heavy atom. The molecule has 0 atom stereocenters. The summed E-state index contributed by atoms with van der Waals surface area (Å²) < 4.78 is 10.7. The summed E-state index contributed by atoms with van der Waals surface area (Å²) in [7, 11) is 0. The molecule has 0 bridgehead atoms. The molecular formula is C17H15N3O6. The van der Waals surface area contributed by atoms with Crippen molar-refractivity contribution in [1.29, 1.82) is 0 Å². The van der Waals surface area contributed by atoms with E-state index >= 15 is 0 Å². The Hall–Kier alpha value is -3.62. The van der Waals surface area contributed by atoms with Crippen LogP contribution in [0.25, 0.3) is 10.8 Å². The highest BCUT2D eigenvalue weighted by Gasteiger charge is 2.12. The van der Waals surface area contributed by atoms with E-state index in [4.69, 9.17) is 9.15 Å². The number of hydrogen-bond donors (Lipinski definition) is 2. The van der Waals surface area contributed by atoms with Gasteiger partial charge in [-0.1, -0.05) is 12.1 Å². The second-order valence-electron chi connectivity index (χ2n) is 5.39. The molecule has 9 heteroatoms. The van der Waals surface area contributed by atoms with E-state index in [0.29, 0.717) is 5.76 Å². The average molecular weight is 357 g/mol. The number of fused-ring (bicyclic) bond motifs is 1. The fourth-order valence-corrected chi connectivity index (χ4v) is 2.33. The molecule has 3 aromatic rings. The molecule has 2 aromatic heterocycles. The van der Waals surface area contributed by atoms with Crippen LogP contribution < -0.4 is 16.4 Å². The first-order chi connectivity index (χ1) is 12.5. The number of hydrogen-bond acceptors (Lipinski definition) is 6. The molecule has 3 rings (SSSR count). The molecular weight excluding hydrogens is 342 g/mol. The maximum Gasteiger partial charge on any atom is 0.328 e. The number of ether oxygens (including phenoxy) is 1. The largest absolute Gasteiger partial charge is 0.467 e. The van der Waals surface area contributed by atoms with Gasteiger partial charge in [-0.2, -0.15) is 0 Å². The van der Waals surface area contributed by atoms with Crippen molar-refractivity contribution in [2.45, 2.75) is 13.1 Å². The predicted octanol–water partition coefficient (Wildman–Crippen LogP) is 0.142. The summed E-state index contributed by atoms with van der Waals surface area (Å²) in [5.41, 5.74) is -1.02. The molecule has 26 heavy (non-hydrogen) atoms. The molecule has 0 saturated heterocycles. The first-order valence-electron chi connectivity index (χ1n) is 7.71. The summed E-state index contributed by atoms with van der Waals surface area (Å²) in [4.78, 5) is 47.7. The van der Waals surface area contributed by atoms with Crippen LogP contribution in [0.3, 0.4) is 0 Å². The van der Waals surface area contributed by atoms with Gasteiger partial charge in [0.15, 0.2) is 6.61 Å². The fourth-order valence-electron chi connectivity index (χ4n) is 2.33. The van der Waals surface area contributed by atoms with Crippen LogP contribution in [0.4, 0.5) is 0 Å². The van der Waals surface area contributed by atoms with Gasteiger partial charge < -0.3 is 14.5 Å². The van der Waals surface area contributed by atoms with Crippen molar-refractivity contribution < 1.29 is 18.7 Å². The highest BCUT2D eigenvalue weighted by atomic mass is 16.5. The SMILES string of the molecule is O=C(COC(=O)Cn1[nH]c(=O)c2ccccc2c1=O)NCc1ccco1. The van der Waals surface area contributed by atoms with E-state index < -0.39 is 36.1 Å². The number of nitrogens with one attached hydrogen (secondary N) is 2. The zero-order valence-electron chi connectivity index (χ0n) is 13.6. The summed E-state index contributed by atoms with van der Waals surface area (Å²) in [5.74, 6) is -0.787. The van der Waals surface area contributed by atoms with Gasteiger partial charge in [-0.05, 0) is 24.3 Å². The molecule has 0 spiro atoms. The Bertz CT molecular complexity index is 1050. The van der Waals surface area contributed by atoms with Crippen LogP contribution in [-0.4, -0.2) is 28.3 Å². The summed E-state index contributed by atoms with van der Waals surface area (Å²) >= 11 is 0. The lowest BCUT2D eigenvalue weighted by atomic mass is 10.2. The van der Waals surface area contributed by atoms with E-state index in [1.165, 1.54) is 18.4 Å². The lowest BCUT2D eigenvalue weighted by molar-refractivity contribution is -0.149. The van der Waals surface area contributed by atoms with E-state index in [1.807, 2.05) is 0 Å². The second kappa shape index (κ2) is 7.51. The van der Waals surface area contributed by atoms with Gasteiger partial charge in [0.1, 0.15) is 12.3 Å². The van der Waals surface area contributed by atoms with Crippen molar-refractivity contribution >= 4 is 22.6 Å². The maximum absolute atomic E-state index is 12.3. The Morgan fingerprint density at radius 1 is 1.12 bits per heavy atom. The zero-order chi connectivity index (χ0) is 18.5. The molecule has 1 aromatic carbocycles. The first-order valence-corrected chi connectivity index (χ1v) is 7.71. The Morgan fingerprint density at radius 2 is 1.88 bits per heavy atom. The number of aromatic nitrogens is 2. The summed E-state index contributed by atoms with van der Waals surface area (Å²) in [6, 6.07) is 9.64. The molecule has 0 radical (unpaired) electrons. The highest BCUT2D eigenvalue weighted by molar-refractivity contribution is 5.81. The molecule has 9 nitrogen and oxygen atoms in total. The average Bonchev–Trinajstić information content (AvgIpc) is 3.16. The molecule has 1 amide bonds. The third kappa shape index (κ3) is 3.89. The van der Waals surface area contributed by atoms with Crippen LogP contribution in [-0.2, 0) is 27.4 Å². The van der Waals surface area contributed by atoms with Crippen LogP contribution in [0.15, 0.2) is 56.7 Å². The van der Waals surface area contributed by atoms with Crippen molar-refractivity contribution in [1.82, 2.24) is 15.1 Å². The standard InChI is InChI=1S/C17H15N3O6/c21-14(18-8-11-4-3-7-25-11)10-26-15(22)9-20-17(24)13-6-2-1-5-12(13)16(23)19-20/h1-7H,8-10H2,(H,18,21)(H,19,23). The van der Waals surface area contributed by atoms with Crippen molar-refractivity contribution in [3.63, 3.8) is 0 Å². The van der Waals surface area contributed by atoms with Crippen molar-refractivity contribution in [3.8, 4) is 0 Å². The molecule has 0 aliphatic heterocycles. The summed E-state index contributed by atoms with van der Waals surface area (Å²) in [6.07, 6.45) is 1.48. The van der Waals surface area contributed by atoms with Crippen LogP contribution in [0.1, 0.15) is 5.76 Å². The molecule has 2 heterocycles. The number of carbonyl (C=O) groups excluding carboxylic acids is 2. The maximum atomic E-state index is 12.3. The number of furan rings is 1. The molecule has 2 N–H and O–H groups in total. The number of H-pyrrole nitrogens is 1. The van der Waals surface area contributed by atoms with Crippen molar-refractivity contribution in [2.24, 2.45) is 0 Å². The Balaban J connectivity index is 1.59. The monoisotopic (exact) mass is 357 g/mol. The van der Waals surface area contributed by atoms with Crippen LogP contribution in [0, 0.1) is 0 Å². The fraction of sp³-hybridized carbons (Fsp3) is 0.176. The highest BCUT2D eigenvalue weighted by Crippen LogP contribution is 2.02. The lowest BCUT2D eigenvalue weighted by Crippen LogP contribution is -2.34. The Labute approximate surface area is 146 Å². The van der Waals surface area contributed by atoms with E-state index in [2.05, 4.69) is 10.4 Å². The third-order valence-corrected chi connectivity index (χ3v) is 3.58. The number of nitrogens with zero attached hydrogens (tertiary/aromatic N) is 1. The Kier molecular flexibility index (Phi) is 4.97. The lowest BCUT2D eigenvalue weighted by Gasteiger charge is -2.08. The quantitative estimate of drug-likeness (QED) is 0.605. The molecule has 0 unspecified atom stereocenters. The van der Waals surface area contributed by atoms with Crippen molar-refractivity contribution in [2.75, 3.05) is 6.61 Å². The van der Waals surface area contributed by atoms with Crippen molar-refractivity contribution in [3.05, 3.63) is 69.1 Å². The van der Waals surface area contributed by atoms with Gasteiger partial charge in [-0.25, -0.2) is 4.68 Å². The number of carbonyl (C=O) groups is 2. The smallest absolute Gasteiger partial charge is 0.328 e. The zero-order valence-corrected chi connectivity index (χ0v) is 13.6. The van der Waals surface area contributed by atoms with Gasteiger partial charge in [-0.3, -0.25) is 24.3 Å². The summed E-state index contributed by atoms with van der Waals surface area (Å²) in [6.45, 7) is -0.850. The minimum atomic E-state index is -0.828. The van der Waals surface area contributed by atoms with Gasteiger partial charge in [0.25, 0.3) is 17.0 Å². The van der Waals surface area contributed by atoms with Gasteiger partial charge in [0.05, 0.1) is 23.6 Å². The molecule has 0 saturated carbocycles. The van der Waals surface area contributed by atoms with Crippen LogP contribution >= 0.6 is 0 Å². The normalized spacial score (nSPS) is 10.6. The predicted molar refractivity (Wildman–Crippen MR) is 90.3 cm³/mol. The second-order valence-corrected chi connectivity index (χ2v) is 5.39. The van der Waals surface area contributed by atoms with Crippen LogP contribution in [0.2, 0.25) is 0 Å². The number of amides is 1. The number of benzene rings is 1. The van der Waals surface area contributed by atoms with E-state index in [1.54, 1.807) is 24.3 Å². The summed E-state index contributed by atoms with van der Waals surface area (Å²) in [5, 5.41) is 5.26. The van der Waals surface area contributed by atoms with Gasteiger partial charge >= 0.3 is 5.97 Å². The van der Waals surface area contributed by atoms with Gasteiger partial charge in [0, 0.05) is 0 Å². The minimum Gasteiger partial charge on any atom is -0.467 e. The van der Waals surface area contributed by atoms with Crippen LogP contribution in [0.5, 0.6) is 0 Å². The van der Waals surface area contributed by atoms with E-state index in [-0.39, 0.29) is 17.3 Å². The van der Waals surface area contributed by atoms with E-state index in [9.17, 15) is 19.2 Å². The molecule has 134 valence electrons. The minimum absolute atomic E-state index is 0.167. The van der Waals surface area contributed by atoms with Gasteiger partial charge in [0.2, 0.25) is 0 Å². The first kappa shape index (κ1) is 17.2. The number of rotatable bonds is 6. The number of esters is 1. The molecule has 0 aliphatic carbocycles. The topological polar surface area (TPSA) is 123 Å². The number of aromatic amines is 1. The molecule has 0 aliphatic rings. The van der Waals surface area contributed by atoms with E-state index in [0.717, 1.165) is 4.68 Å². The third-order valence-electron chi connectivity index (χ3n) is 3.58.